The lowest BCUT2D eigenvalue weighted by Crippen LogP contribution is -2.57. The zero-order chi connectivity index (χ0) is 12.5. The molecular weight excluding hydrogens is 220 g/mol. The molecule has 1 aliphatic rings. The summed E-state index contributed by atoms with van der Waals surface area (Å²) in [4.78, 5) is 16.4. The average molecular weight is 236 g/mol. The van der Waals surface area contributed by atoms with Gasteiger partial charge in [0, 0.05) is 31.4 Å². The first-order valence-corrected chi connectivity index (χ1v) is 5.58. The Morgan fingerprint density at radius 3 is 3.00 bits per heavy atom. The molecule has 6 heteroatoms. The van der Waals surface area contributed by atoms with Crippen LogP contribution in [0.3, 0.4) is 0 Å². The van der Waals surface area contributed by atoms with E-state index in [1.807, 2.05) is 4.90 Å². The van der Waals surface area contributed by atoms with Crippen LogP contribution in [0.2, 0.25) is 0 Å². The molecule has 0 radical (unpaired) electrons. The molecular formula is C11H16N4O2. The van der Waals surface area contributed by atoms with Gasteiger partial charge in [-0.05, 0) is 19.9 Å². The maximum absolute atomic E-state index is 10.9. The summed E-state index contributed by atoms with van der Waals surface area (Å²) in [5.74, 6) is 0. The SMILES string of the molecule is CC1(C)CN(c2ccncc2[N+](=O)[O-])CCN1. The minimum Gasteiger partial charge on any atom is -0.363 e. The number of rotatable bonds is 2. The number of hydrogen-bond acceptors (Lipinski definition) is 5. The maximum Gasteiger partial charge on any atom is 0.310 e. The lowest BCUT2D eigenvalue weighted by Gasteiger charge is -2.40. The molecule has 0 spiro atoms. The molecule has 0 bridgehead atoms. The molecule has 1 saturated heterocycles. The topological polar surface area (TPSA) is 71.3 Å². The van der Waals surface area contributed by atoms with Gasteiger partial charge in [0.25, 0.3) is 0 Å². The van der Waals surface area contributed by atoms with Crippen LogP contribution in [0.15, 0.2) is 18.5 Å². The van der Waals surface area contributed by atoms with Gasteiger partial charge in [0.05, 0.1) is 4.92 Å². The average Bonchev–Trinajstić information content (AvgIpc) is 2.27. The number of nitrogens with one attached hydrogen (secondary N) is 1. The molecule has 1 aromatic heterocycles. The van der Waals surface area contributed by atoms with Gasteiger partial charge in [-0.3, -0.25) is 15.1 Å². The zero-order valence-electron chi connectivity index (χ0n) is 10.0. The van der Waals surface area contributed by atoms with Crippen molar-refractivity contribution in [1.29, 1.82) is 0 Å². The third-order valence-corrected chi connectivity index (χ3v) is 2.89. The van der Waals surface area contributed by atoms with Crippen molar-refractivity contribution in [3.8, 4) is 0 Å². The van der Waals surface area contributed by atoms with Crippen LogP contribution >= 0.6 is 0 Å². The summed E-state index contributed by atoms with van der Waals surface area (Å²) in [6.45, 7) is 6.52. The molecule has 0 aliphatic carbocycles. The molecule has 1 fully saturated rings. The zero-order valence-corrected chi connectivity index (χ0v) is 10.0. The van der Waals surface area contributed by atoms with Crippen LogP contribution in [-0.2, 0) is 0 Å². The van der Waals surface area contributed by atoms with Gasteiger partial charge in [0.2, 0.25) is 0 Å². The Morgan fingerprint density at radius 1 is 1.59 bits per heavy atom. The Kier molecular flexibility index (Phi) is 2.97. The summed E-state index contributed by atoms with van der Waals surface area (Å²) in [5.41, 5.74) is 0.694. The smallest absolute Gasteiger partial charge is 0.310 e. The molecule has 0 amide bonds. The van der Waals surface area contributed by atoms with Gasteiger partial charge in [-0.15, -0.1) is 0 Å². The minimum atomic E-state index is -0.378. The molecule has 0 unspecified atom stereocenters. The lowest BCUT2D eigenvalue weighted by molar-refractivity contribution is -0.384. The highest BCUT2D eigenvalue weighted by molar-refractivity contribution is 5.62. The molecule has 2 heterocycles. The lowest BCUT2D eigenvalue weighted by atomic mass is 10.0. The summed E-state index contributed by atoms with van der Waals surface area (Å²) in [6.07, 6.45) is 2.90. The second kappa shape index (κ2) is 4.29. The molecule has 1 aliphatic heterocycles. The maximum atomic E-state index is 10.9. The van der Waals surface area contributed by atoms with Crippen molar-refractivity contribution in [2.45, 2.75) is 19.4 Å². The van der Waals surface area contributed by atoms with E-state index in [4.69, 9.17) is 0 Å². The molecule has 17 heavy (non-hydrogen) atoms. The number of anilines is 1. The van der Waals surface area contributed by atoms with Crippen molar-refractivity contribution in [3.05, 3.63) is 28.6 Å². The van der Waals surface area contributed by atoms with Crippen LogP contribution < -0.4 is 10.2 Å². The normalized spacial score (nSPS) is 19.1. The van der Waals surface area contributed by atoms with Crippen LogP contribution in [0.25, 0.3) is 0 Å². The molecule has 0 atom stereocenters. The van der Waals surface area contributed by atoms with Gasteiger partial charge in [-0.25, -0.2) is 0 Å². The predicted octanol–water partition coefficient (Wildman–Crippen LogP) is 1.18. The quantitative estimate of drug-likeness (QED) is 0.616. The van der Waals surface area contributed by atoms with Crippen molar-refractivity contribution >= 4 is 11.4 Å². The van der Waals surface area contributed by atoms with Crippen molar-refractivity contribution in [2.75, 3.05) is 24.5 Å². The fraction of sp³-hybridized carbons (Fsp3) is 0.545. The molecule has 1 N–H and O–H groups in total. The fourth-order valence-corrected chi connectivity index (χ4v) is 2.13. The van der Waals surface area contributed by atoms with E-state index in [1.54, 1.807) is 12.3 Å². The van der Waals surface area contributed by atoms with E-state index < -0.39 is 0 Å². The Balaban J connectivity index is 2.30. The first-order valence-electron chi connectivity index (χ1n) is 5.58. The van der Waals surface area contributed by atoms with Crippen molar-refractivity contribution in [1.82, 2.24) is 10.3 Å². The highest BCUT2D eigenvalue weighted by atomic mass is 16.6. The minimum absolute atomic E-state index is 0.0324. The molecule has 1 aromatic rings. The first kappa shape index (κ1) is 11.8. The summed E-state index contributed by atoms with van der Waals surface area (Å²) >= 11 is 0. The number of pyridine rings is 1. The fourth-order valence-electron chi connectivity index (χ4n) is 2.13. The Labute approximate surface area is 99.8 Å². The van der Waals surface area contributed by atoms with Gasteiger partial charge in [0.15, 0.2) is 0 Å². The number of nitro groups is 1. The monoisotopic (exact) mass is 236 g/mol. The highest BCUT2D eigenvalue weighted by Gasteiger charge is 2.29. The summed E-state index contributed by atoms with van der Waals surface area (Å²) in [6, 6.07) is 1.71. The molecule has 0 aromatic carbocycles. The van der Waals surface area contributed by atoms with E-state index in [1.165, 1.54) is 6.20 Å². The van der Waals surface area contributed by atoms with Crippen molar-refractivity contribution < 1.29 is 4.92 Å². The van der Waals surface area contributed by atoms with Crippen LogP contribution in [0, 0.1) is 10.1 Å². The second-order valence-corrected chi connectivity index (χ2v) is 4.85. The van der Waals surface area contributed by atoms with Gasteiger partial charge in [0.1, 0.15) is 11.9 Å². The molecule has 2 rings (SSSR count). The Hall–Kier alpha value is -1.69. The molecule has 6 nitrogen and oxygen atoms in total. The Bertz CT molecular complexity index is 433. The van der Waals surface area contributed by atoms with Crippen molar-refractivity contribution in [2.24, 2.45) is 0 Å². The van der Waals surface area contributed by atoms with E-state index in [2.05, 4.69) is 24.1 Å². The van der Waals surface area contributed by atoms with Gasteiger partial charge in [-0.1, -0.05) is 0 Å². The summed E-state index contributed by atoms with van der Waals surface area (Å²) in [5, 5.41) is 14.3. The number of aromatic nitrogens is 1. The van der Waals surface area contributed by atoms with E-state index >= 15 is 0 Å². The van der Waals surface area contributed by atoms with Gasteiger partial charge >= 0.3 is 5.69 Å². The summed E-state index contributed by atoms with van der Waals surface area (Å²) in [7, 11) is 0. The molecule has 92 valence electrons. The highest BCUT2D eigenvalue weighted by Crippen LogP contribution is 2.28. The van der Waals surface area contributed by atoms with Gasteiger partial charge in [-0.2, -0.15) is 0 Å². The number of hydrogen-bond donors (Lipinski definition) is 1. The van der Waals surface area contributed by atoms with E-state index in [0.29, 0.717) is 5.69 Å². The van der Waals surface area contributed by atoms with Crippen LogP contribution in [0.1, 0.15) is 13.8 Å². The van der Waals surface area contributed by atoms with Crippen LogP contribution in [0.4, 0.5) is 11.4 Å². The number of nitrogens with zero attached hydrogens (tertiary/aromatic N) is 3. The van der Waals surface area contributed by atoms with Crippen LogP contribution in [-0.4, -0.2) is 35.1 Å². The van der Waals surface area contributed by atoms with E-state index in [0.717, 1.165) is 19.6 Å². The number of piperazine rings is 1. The Morgan fingerprint density at radius 2 is 2.35 bits per heavy atom. The third-order valence-electron chi connectivity index (χ3n) is 2.89. The van der Waals surface area contributed by atoms with Crippen LogP contribution in [0.5, 0.6) is 0 Å². The van der Waals surface area contributed by atoms with E-state index in [-0.39, 0.29) is 16.1 Å². The third kappa shape index (κ3) is 2.52. The van der Waals surface area contributed by atoms with E-state index in [9.17, 15) is 10.1 Å². The van der Waals surface area contributed by atoms with Gasteiger partial charge < -0.3 is 10.2 Å². The first-order chi connectivity index (χ1) is 7.99. The summed E-state index contributed by atoms with van der Waals surface area (Å²) < 4.78 is 0. The predicted molar refractivity (Wildman–Crippen MR) is 65.2 cm³/mol. The largest absolute Gasteiger partial charge is 0.363 e. The standard InChI is InChI=1S/C11H16N4O2/c1-11(2)8-14(6-5-13-11)9-3-4-12-7-10(9)15(16)17/h3-4,7,13H,5-6,8H2,1-2H3. The molecule has 0 saturated carbocycles. The van der Waals surface area contributed by atoms with Crippen molar-refractivity contribution in [3.63, 3.8) is 0 Å². The second-order valence-electron chi connectivity index (χ2n) is 4.85.